The van der Waals surface area contributed by atoms with E-state index in [1.54, 1.807) is 18.3 Å². The van der Waals surface area contributed by atoms with Crippen LogP contribution in [-0.2, 0) is 0 Å². The van der Waals surface area contributed by atoms with Crippen LogP contribution in [0.4, 0.5) is 11.6 Å². The molecule has 22 heavy (non-hydrogen) atoms. The second-order valence-electron chi connectivity index (χ2n) is 5.35. The fraction of sp³-hybridized carbons (Fsp3) is 0.312. The summed E-state index contributed by atoms with van der Waals surface area (Å²) in [6.45, 7) is 5.24. The van der Waals surface area contributed by atoms with Crippen molar-refractivity contribution in [1.82, 2.24) is 9.97 Å². The molecule has 1 fully saturated rings. The van der Waals surface area contributed by atoms with Gasteiger partial charge in [-0.25, -0.2) is 9.97 Å². The Balaban J connectivity index is 1.73. The van der Waals surface area contributed by atoms with Crippen LogP contribution in [0.25, 0.3) is 0 Å². The van der Waals surface area contributed by atoms with Gasteiger partial charge in [-0.2, -0.15) is 0 Å². The number of carbonyl (C=O) groups is 1. The summed E-state index contributed by atoms with van der Waals surface area (Å²) in [4.78, 5) is 24.8. The Bertz CT molecular complexity index is 680. The zero-order valence-corrected chi connectivity index (χ0v) is 12.6. The van der Waals surface area contributed by atoms with Crippen LogP contribution >= 0.6 is 0 Å². The van der Waals surface area contributed by atoms with Crippen molar-refractivity contribution in [3.05, 3.63) is 47.8 Å². The van der Waals surface area contributed by atoms with Crippen molar-refractivity contribution < 1.29 is 4.79 Å². The molecule has 3 heterocycles. The zero-order valence-electron chi connectivity index (χ0n) is 12.6. The van der Waals surface area contributed by atoms with Crippen molar-refractivity contribution in [3.8, 4) is 0 Å². The lowest BCUT2D eigenvalue weighted by Gasteiger charge is -2.36. The molecule has 1 saturated heterocycles. The number of aryl methyl sites for hydroxylation is 1. The number of anilines is 2. The van der Waals surface area contributed by atoms with E-state index in [2.05, 4.69) is 19.8 Å². The van der Waals surface area contributed by atoms with E-state index in [0.29, 0.717) is 11.4 Å². The highest BCUT2D eigenvalue weighted by Gasteiger charge is 2.22. The molecule has 1 amide bonds. The van der Waals surface area contributed by atoms with Crippen LogP contribution in [0, 0.1) is 6.92 Å². The summed E-state index contributed by atoms with van der Waals surface area (Å²) in [5.41, 5.74) is 6.92. The van der Waals surface area contributed by atoms with Gasteiger partial charge in [-0.3, -0.25) is 4.79 Å². The molecule has 6 heteroatoms. The Morgan fingerprint density at radius 3 is 2.50 bits per heavy atom. The number of hydrogen-bond acceptors (Lipinski definition) is 5. The number of aromatic nitrogens is 2. The van der Waals surface area contributed by atoms with Crippen LogP contribution in [0.15, 0.2) is 36.5 Å². The van der Waals surface area contributed by atoms with Crippen molar-refractivity contribution in [2.75, 3.05) is 36.0 Å². The van der Waals surface area contributed by atoms with E-state index >= 15 is 0 Å². The molecule has 0 bridgehead atoms. The van der Waals surface area contributed by atoms with E-state index in [-0.39, 0.29) is 0 Å². The first-order valence-corrected chi connectivity index (χ1v) is 7.33. The van der Waals surface area contributed by atoms with Gasteiger partial charge < -0.3 is 15.5 Å². The van der Waals surface area contributed by atoms with Gasteiger partial charge in [0.1, 0.15) is 11.6 Å². The number of nitrogens with two attached hydrogens (primary N) is 1. The Kier molecular flexibility index (Phi) is 3.91. The second kappa shape index (κ2) is 6.01. The van der Waals surface area contributed by atoms with Gasteiger partial charge in [0.05, 0.1) is 5.56 Å². The molecule has 0 aromatic carbocycles. The molecule has 0 unspecified atom stereocenters. The molecule has 0 spiro atoms. The minimum Gasteiger partial charge on any atom is -0.365 e. The number of hydrogen-bond donors (Lipinski definition) is 1. The van der Waals surface area contributed by atoms with E-state index in [9.17, 15) is 4.79 Å². The third-order valence-corrected chi connectivity index (χ3v) is 3.83. The summed E-state index contributed by atoms with van der Waals surface area (Å²) in [6.07, 6.45) is 1.69. The first kappa shape index (κ1) is 14.3. The van der Waals surface area contributed by atoms with Crippen LogP contribution in [0.2, 0.25) is 0 Å². The predicted octanol–water partition coefficient (Wildman–Crippen LogP) is 1.21. The second-order valence-corrected chi connectivity index (χ2v) is 5.35. The Hall–Kier alpha value is -2.63. The van der Waals surface area contributed by atoms with E-state index in [4.69, 9.17) is 5.73 Å². The number of carbonyl (C=O) groups excluding carboxylic acids is 1. The monoisotopic (exact) mass is 297 g/mol. The summed E-state index contributed by atoms with van der Waals surface area (Å²) in [5.74, 6) is 1.23. The van der Waals surface area contributed by atoms with Gasteiger partial charge in [0, 0.05) is 38.1 Å². The average Bonchev–Trinajstić information content (AvgIpc) is 2.55. The molecule has 0 radical (unpaired) electrons. The molecular weight excluding hydrogens is 278 g/mol. The highest BCUT2D eigenvalue weighted by Crippen LogP contribution is 2.20. The smallest absolute Gasteiger partial charge is 0.252 e. The van der Waals surface area contributed by atoms with Crippen molar-refractivity contribution in [3.63, 3.8) is 0 Å². The van der Waals surface area contributed by atoms with Gasteiger partial charge in [0.2, 0.25) is 0 Å². The quantitative estimate of drug-likeness (QED) is 0.921. The lowest BCUT2D eigenvalue weighted by Crippen LogP contribution is -2.47. The van der Waals surface area contributed by atoms with Crippen LogP contribution in [0.1, 0.15) is 16.1 Å². The molecule has 1 aliphatic heterocycles. The number of nitrogens with zero attached hydrogens (tertiary/aromatic N) is 4. The van der Waals surface area contributed by atoms with Crippen LogP contribution < -0.4 is 15.5 Å². The van der Waals surface area contributed by atoms with E-state index in [1.165, 1.54) is 0 Å². The first-order valence-electron chi connectivity index (χ1n) is 7.33. The molecule has 0 atom stereocenters. The zero-order chi connectivity index (χ0) is 15.5. The third kappa shape index (κ3) is 2.86. The van der Waals surface area contributed by atoms with E-state index < -0.39 is 5.91 Å². The molecular formula is C16H19N5O. The predicted molar refractivity (Wildman–Crippen MR) is 86.2 cm³/mol. The van der Waals surface area contributed by atoms with Crippen molar-refractivity contribution >= 4 is 17.5 Å². The minimum absolute atomic E-state index is 0.439. The molecule has 3 rings (SSSR count). The van der Waals surface area contributed by atoms with Gasteiger partial charge in [-0.1, -0.05) is 6.07 Å². The molecule has 114 valence electrons. The highest BCUT2D eigenvalue weighted by molar-refractivity contribution is 5.97. The number of pyridine rings is 2. The van der Waals surface area contributed by atoms with Crippen LogP contribution in [-0.4, -0.2) is 42.1 Å². The number of rotatable bonds is 3. The molecule has 2 aromatic rings. The summed E-state index contributed by atoms with van der Waals surface area (Å²) < 4.78 is 0. The van der Waals surface area contributed by atoms with Crippen molar-refractivity contribution in [2.45, 2.75) is 6.92 Å². The lowest BCUT2D eigenvalue weighted by molar-refractivity contribution is 0.100. The SMILES string of the molecule is Cc1cccc(N2CCN(c3ncccc3C(N)=O)CC2)n1. The first-order chi connectivity index (χ1) is 10.6. The van der Waals surface area contributed by atoms with E-state index in [1.807, 2.05) is 25.1 Å². The highest BCUT2D eigenvalue weighted by atomic mass is 16.1. The van der Waals surface area contributed by atoms with Gasteiger partial charge in [0.15, 0.2) is 0 Å². The lowest BCUT2D eigenvalue weighted by atomic mass is 10.2. The maximum Gasteiger partial charge on any atom is 0.252 e. The fourth-order valence-corrected chi connectivity index (χ4v) is 2.69. The van der Waals surface area contributed by atoms with Gasteiger partial charge in [-0.15, -0.1) is 0 Å². The largest absolute Gasteiger partial charge is 0.365 e. The molecule has 1 aliphatic rings. The average molecular weight is 297 g/mol. The molecule has 6 nitrogen and oxygen atoms in total. The number of primary amides is 1. The number of piperazine rings is 1. The maximum atomic E-state index is 11.5. The van der Waals surface area contributed by atoms with Gasteiger partial charge in [0.25, 0.3) is 5.91 Å². The summed E-state index contributed by atoms with van der Waals surface area (Å²) in [6, 6.07) is 9.49. The van der Waals surface area contributed by atoms with Crippen LogP contribution in [0.3, 0.4) is 0 Å². The molecule has 0 aliphatic carbocycles. The Labute approximate surface area is 129 Å². The molecule has 2 aromatic heterocycles. The van der Waals surface area contributed by atoms with Gasteiger partial charge in [-0.05, 0) is 31.2 Å². The van der Waals surface area contributed by atoms with Crippen molar-refractivity contribution in [1.29, 1.82) is 0 Å². The Morgan fingerprint density at radius 2 is 1.82 bits per heavy atom. The van der Waals surface area contributed by atoms with E-state index in [0.717, 1.165) is 37.7 Å². The Morgan fingerprint density at radius 1 is 1.09 bits per heavy atom. The molecule has 0 saturated carbocycles. The third-order valence-electron chi connectivity index (χ3n) is 3.83. The van der Waals surface area contributed by atoms with Gasteiger partial charge >= 0.3 is 0 Å². The summed E-state index contributed by atoms with van der Waals surface area (Å²) >= 11 is 0. The standard InChI is InChI=1S/C16H19N5O/c1-12-4-2-6-14(19-12)20-8-10-21(11-9-20)16-13(15(17)22)5-3-7-18-16/h2-7H,8-11H2,1H3,(H2,17,22). The molecule has 2 N–H and O–H groups in total. The van der Waals surface area contributed by atoms with Crippen molar-refractivity contribution in [2.24, 2.45) is 5.73 Å². The normalized spacial score (nSPS) is 15.0. The number of amides is 1. The van der Waals surface area contributed by atoms with Crippen LogP contribution in [0.5, 0.6) is 0 Å². The summed E-state index contributed by atoms with van der Waals surface area (Å²) in [5, 5.41) is 0. The summed E-state index contributed by atoms with van der Waals surface area (Å²) in [7, 11) is 0. The fourth-order valence-electron chi connectivity index (χ4n) is 2.69. The maximum absolute atomic E-state index is 11.5. The topological polar surface area (TPSA) is 75.3 Å². The minimum atomic E-state index is -0.439.